The van der Waals surface area contributed by atoms with Gasteiger partial charge in [-0.25, -0.2) is 4.68 Å². The molecule has 2 aromatic rings. The van der Waals surface area contributed by atoms with E-state index in [1.165, 1.54) is 12.8 Å². The highest BCUT2D eigenvalue weighted by Crippen LogP contribution is 2.38. The second-order valence-corrected chi connectivity index (χ2v) is 6.93. The van der Waals surface area contributed by atoms with E-state index in [-0.39, 0.29) is 5.91 Å². The van der Waals surface area contributed by atoms with Crippen LogP contribution in [0.15, 0.2) is 24.3 Å². The number of methoxy groups -OCH3 is 1. The average molecular weight is 340 g/mol. The Morgan fingerprint density at radius 1 is 1.24 bits per heavy atom. The molecule has 6 heteroatoms. The van der Waals surface area contributed by atoms with Crippen molar-refractivity contribution in [1.29, 1.82) is 0 Å². The molecule has 0 N–H and O–H groups in total. The van der Waals surface area contributed by atoms with Crippen LogP contribution in [0.4, 0.5) is 11.4 Å². The van der Waals surface area contributed by atoms with Crippen molar-refractivity contribution in [1.82, 2.24) is 9.78 Å². The zero-order valence-corrected chi connectivity index (χ0v) is 15.0. The number of hydrogen-bond acceptors (Lipinski definition) is 4. The van der Waals surface area contributed by atoms with Crippen LogP contribution in [0.2, 0.25) is 0 Å². The molecule has 2 heterocycles. The van der Waals surface area contributed by atoms with Crippen molar-refractivity contribution in [2.24, 2.45) is 13.0 Å². The highest BCUT2D eigenvalue weighted by molar-refractivity contribution is 6.10. The average Bonchev–Trinajstić information content (AvgIpc) is 3.37. The van der Waals surface area contributed by atoms with Crippen LogP contribution in [0.25, 0.3) is 0 Å². The first-order valence-electron chi connectivity index (χ1n) is 8.83. The summed E-state index contributed by atoms with van der Waals surface area (Å²) in [6.45, 7) is 4.49. The van der Waals surface area contributed by atoms with E-state index >= 15 is 0 Å². The van der Waals surface area contributed by atoms with E-state index in [2.05, 4.69) is 16.1 Å². The molecule has 0 radical (unpaired) electrons. The van der Waals surface area contributed by atoms with Crippen molar-refractivity contribution in [2.45, 2.75) is 19.8 Å². The minimum absolute atomic E-state index is 0.0408. The van der Waals surface area contributed by atoms with Gasteiger partial charge in [-0.2, -0.15) is 5.10 Å². The fourth-order valence-electron chi connectivity index (χ4n) is 3.69. The van der Waals surface area contributed by atoms with Gasteiger partial charge in [0.05, 0.1) is 24.2 Å². The predicted molar refractivity (Wildman–Crippen MR) is 97.6 cm³/mol. The molecule has 0 saturated heterocycles. The first-order valence-corrected chi connectivity index (χ1v) is 8.83. The number of fused-ring (bicyclic) bond motifs is 1. The van der Waals surface area contributed by atoms with E-state index in [0.717, 1.165) is 30.4 Å². The molecule has 1 fully saturated rings. The summed E-state index contributed by atoms with van der Waals surface area (Å²) in [5.74, 6) is 1.29. The van der Waals surface area contributed by atoms with Gasteiger partial charge in [0.25, 0.3) is 5.91 Å². The van der Waals surface area contributed by atoms with Crippen molar-refractivity contribution in [3.05, 3.63) is 35.5 Å². The monoisotopic (exact) mass is 340 g/mol. The van der Waals surface area contributed by atoms with Gasteiger partial charge in [-0.1, -0.05) is 12.1 Å². The van der Waals surface area contributed by atoms with E-state index < -0.39 is 0 Å². The van der Waals surface area contributed by atoms with Crippen LogP contribution in [0.5, 0.6) is 5.88 Å². The lowest BCUT2D eigenvalue weighted by molar-refractivity contribution is 0.0982. The summed E-state index contributed by atoms with van der Waals surface area (Å²) in [7, 11) is 3.37. The molecule has 2 aliphatic rings. The van der Waals surface area contributed by atoms with Crippen LogP contribution < -0.4 is 14.5 Å². The first kappa shape index (κ1) is 16.0. The second kappa shape index (κ2) is 6.10. The number of ether oxygens (including phenoxy) is 1. The molecule has 0 spiro atoms. The zero-order chi connectivity index (χ0) is 17.6. The van der Waals surface area contributed by atoms with Gasteiger partial charge in [-0.3, -0.25) is 4.79 Å². The summed E-state index contributed by atoms with van der Waals surface area (Å²) in [4.78, 5) is 17.6. The van der Waals surface area contributed by atoms with Crippen LogP contribution >= 0.6 is 0 Å². The van der Waals surface area contributed by atoms with E-state index in [1.807, 2.05) is 30.0 Å². The van der Waals surface area contributed by atoms with E-state index in [1.54, 1.807) is 18.8 Å². The molecule has 0 bridgehead atoms. The number of anilines is 2. The summed E-state index contributed by atoms with van der Waals surface area (Å²) < 4.78 is 7.04. The maximum atomic E-state index is 13.3. The molecule has 1 aromatic carbocycles. The van der Waals surface area contributed by atoms with Gasteiger partial charge in [-0.15, -0.1) is 0 Å². The van der Waals surface area contributed by atoms with Crippen molar-refractivity contribution < 1.29 is 9.53 Å². The lowest BCUT2D eigenvalue weighted by Gasteiger charge is -2.38. The normalized spacial score (nSPS) is 16.8. The number of para-hydroxylation sites is 2. The quantitative estimate of drug-likeness (QED) is 0.858. The maximum Gasteiger partial charge on any atom is 0.265 e. The fourth-order valence-corrected chi connectivity index (χ4v) is 3.69. The Morgan fingerprint density at radius 2 is 1.96 bits per heavy atom. The Kier molecular flexibility index (Phi) is 3.90. The maximum absolute atomic E-state index is 13.3. The molecule has 25 heavy (non-hydrogen) atoms. The number of hydrogen-bond donors (Lipinski definition) is 0. The molecular weight excluding hydrogens is 316 g/mol. The molecule has 1 aliphatic carbocycles. The number of rotatable bonds is 4. The number of aromatic nitrogens is 2. The number of carbonyl (C=O) groups is 1. The van der Waals surface area contributed by atoms with E-state index in [4.69, 9.17) is 4.74 Å². The van der Waals surface area contributed by atoms with Crippen LogP contribution in [0, 0.1) is 12.8 Å². The fraction of sp³-hybridized carbons (Fsp3) is 0.474. The minimum atomic E-state index is -0.0408. The number of aryl methyl sites for hydroxylation is 2. The van der Waals surface area contributed by atoms with E-state index in [0.29, 0.717) is 23.7 Å². The molecular formula is C19H24N4O2. The Morgan fingerprint density at radius 3 is 2.64 bits per heavy atom. The lowest BCUT2D eigenvalue weighted by Crippen LogP contribution is -2.45. The van der Waals surface area contributed by atoms with Gasteiger partial charge < -0.3 is 14.5 Å². The smallest absolute Gasteiger partial charge is 0.265 e. The minimum Gasteiger partial charge on any atom is -0.481 e. The number of benzene rings is 1. The van der Waals surface area contributed by atoms with Gasteiger partial charge in [0.1, 0.15) is 5.56 Å². The molecule has 4 rings (SSSR count). The lowest BCUT2D eigenvalue weighted by atomic mass is 10.1. The number of nitrogens with zero attached hydrogens (tertiary/aromatic N) is 4. The van der Waals surface area contributed by atoms with Crippen molar-refractivity contribution >= 4 is 17.3 Å². The Labute approximate surface area is 148 Å². The van der Waals surface area contributed by atoms with Gasteiger partial charge >= 0.3 is 0 Å². The van der Waals surface area contributed by atoms with E-state index in [9.17, 15) is 4.79 Å². The van der Waals surface area contributed by atoms with Gasteiger partial charge in [-0.05, 0) is 37.8 Å². The van der Waals surface area contributed by atoms with Gasteiger partial charge in [0.15, 0.2) is 0 Å². The van der Waals surface area contributed by atoms with Crippen LogP contribution in [-0.2, 0) is 7.05 Å². The summed E-state index contributed by atoms with van der Waals surface area (Å²) in [5.41, 5.74) is 3.37. The topological polar surface area (TPSA) is 50.6 Å². The predicted octanol–water partition coefficient (Wildman–Crippen LogP) is 2.61. The van der Waals surface area contributed by atoms with Crippen molar-refractivity contribution in [3.63, 3.8) is 0 Å². The number of carbonyl (C=O) groups excluding carboxylic acids is 1. The molecule has 1 amide bonds. The Bertz CT molecular complexity index is 810. The zero-order valence-electron chi connectivity index (χ0n) is 15.0. The molecule has 0 unspecified atom stereocenters. The first-order chi connectivity index (χ1) is 12.1. The van der Waals surface area contributed by atoms with Crippen molar-refractivity contribution in [3.8, 4) is 5.88 Å². The third kappa shape index (κ3) is 2.75. The van der Waals surface area contributed by atoms with Gasteiger partial charge in [0.2, 0.25) is 5.88 Å². The van der Waals surface area contributed by atoms with Crippen LogP contribution in [0.3, 0.4) is 0 Å². The second-order valence-electron chi connectivity index (χ2n) is 6.93. The third-order valence-corrected chi connectivity index (χ3v) is 5.10. The highest BCUT2D eigenvalue weighted by Gasteiger charge is 2.33. The summed E-state index contributed by atoms with van der Waals surface area (Å²) in [6.07, 6.45) is 2.65. The van der Waals surface area contributed by atoms with Crippen molar-refractivity contribution in [2.75, 3.05) is 36.5 Å². The standard InChI is InChI=1S/C19H24N4O2/c1-13-17(19(25-3)21(2)20-13)18(24)23-11-10-22(12-14-8-9-14)15-6-4-5-7-16(15)23/h4-7,14H,8-12H2,1-3H3. The highest BCUT2D eigenvalue weighted by atomic mass is 16.5. The molecule has 1 aromatic heterocycles. The molecule has 0 atom stereocenters. The molecule has 1 saturated carbocycles. The SMILES string of the molecule is COc1c(C(=O)N2CCN(CC3CC3)c3ccccc32)c(C)nn1C. The van der Waals surface area contributed by atoms with Crippen LogP contribution in [-0.4, -0.2) is 42.4 Å². The molecule has 6 nitrogen and oxygen atoms in total. The summed E-state index contributed by atoms with van der Waals surface area (Å²) >= 11 is 0. The Hall–Kier alpha value is -2.50. The number of amides is 1. The third-order valence-electron chi connectivity index (χ3n) is 5.10. The summed E-state index contributed by atoms with van der Waals surface area (Å²) in [5, 5.41) is 4.35. The molecule has 132 valence electrons. The summed E-state index contributed by atoms with van der Waals surface area (Å²) in [6, 6.07) is 8.19. The molecule has 1 aliphatic heterocycles. The largest absolute Gasteiger partial charge is 0.481 e. The van der Waals surface area contributed by atoms with Gasteiger partial charge in [0, 0.05) is 26.7 Å². The Balaban J connectivity index is 1.69. The van der Waals surface area contributed by atoms with Crippen LogP contribution in [0.1, 0.15) is 28.9 Å².